The van der Waals surface area contributed by atoms with Gasteiger partial charge in [0.25, 0.3) is 0 Å². The van der Waals surface area contributed by atoms with E-state index < -0.39 is 0 Å². The van der Waals surface area contributed by atoms with Crippen LogP contribution in [0.15, 0.2) is 24.7 Å². The van der Waals surface area contributed by atoms with E-state index in [9.17, 15) is 4.79 Å². The zero-order valence-electron chi connectivity index (χ0n) is 13.8. The van der Waals surface area contributed by atoms with Crippen LogP contribution >= 0.6 is 0 Å². The van der Waals surface area contributed by atoms with E-state index in [0.29, 0.717) is 5.56 Å². The Labute approximate surface area is 136 Å². The second-order valence-electron chi connectivity index (χ2n) is 5.84. The van der Waals surface area contributed by atoms with Crippen molar-refractivity contribution in [3.63, 3.8) is 0 Å². The van der Waals surface area contributed by atoms with E-state index in [1.165, 1.54) is 0 Å². The molecule has 0 unspecified atom stereocenters. The van der Waals surface area contributed by atoms with Gasteiger partial charge < -0.3 is 9.80 Å². The summed E-state index contributed by atoms with van der Waals surface area (Å²) in [6.45, 7) is 9.20. The molecular weight excluding hydrogens is 290 g/mol. The Balaban J connectivity index is 1.68. The first-order chi connectivity index (χ1) is 11.1. The normalized spacial score (nSPS) is 14.9. The molecule has 0 amide bonds. The third-order valence-corrected chi connectivity index (χ3v) is 4.37. The van der Waals surface area contributed by atoms with Gasteiger partial charge in [-0.15, -0.1) is 0 Å². The van der Waals surface area contributed by atoms with Crippen molar-refractivity contribution in [2.75, 3.05) is 36.0 Å². The molecule has 3 heterocycles. The molecule has 6 nitrogen and oxygen atoms in total. The Hall–Kier alpha value is -2.50. The van der Waals surface area contributed by atoms with Crippen LogP contribution in [0.5, 0.6) is 0 Å². The monoisotopic (exact) mass is 311 g/mol. The number of hydrogen-bond donors (Lipinski definition) is 0. The molecule has 6 heteroatoms. The molecule has 0 atom stereocenters. The van der Waals surface area contributed by atoms with Crippen molar-refractivity contribution in [1.82, 2.24) is 15.0 Å². The first kappa shape index (κ1) is 15.4. The van der Waals surface area contributed by atoms with Gasteiger partial charge in [-0.3, -0.25) is 4.79 Å². The zero-order valence-corrected chi connectivity index (χ0v) is 13.8. The van der Waals surface area contributed by atoms with Crippen LogP contribution in [-0.2, 0) is 0 Å². The number of carbonyl (C=O) groups excluding carboxylic acids is 1. The van der Waals surface area contributed by atoms with E-state index in [2.05, 4.69) is 31.7 Å². The average Bonchev–Trinajstić information content (AvgIpc) is 2.58. The summed E-state index contributed by atoms with van der Waals surface area (Å²) in [4.78, 5) is 28.9. The van der Waals surface area contributed by atoms with Crippen molar-refractivity contribution in [3.8, 4) is 0 Å². The van der Waals surface area contributed by atoms with E-state index in [-0.39, 0.29) is 5.78 Å². The van der Waals surface area contributed by atoms with Crippen LogP contribution in [0.3, 0.4) is 0 Å². The number of Topliss-reactive ketones (excluding diaryl/α,β-unsaturated/α-hetero) is 1. The van der Waals surface area contributed by atoms with Gasteiger partial charge >= 0.3 is 0 Å². The van der Waals surface area contributed by atoms with Crippen LogP contribution in [-0.4, -0.2) is 46.9 Å². The number of pyridine rings is 1. The molecule has 23 heavy (non-hydrogen) atoms. The maximum Gasteiger partial charge on any atom is 0.161 e. The summed E-state index contributed by atoms with van der Waals surface area (Å²) in [6, 6.07) is 3.77. The number of ketones is 1. The summed E-state index contributed by atoms with van der Waals surface area (Å²) in [5.74, 6) is 1.99. The summed E-state index contributed by atoms with van der Waals surface area (Å²) >= 11 is 0. The Bertz CT molecular complexity index is 705. The Kier molecular flexibility index (Phi) is 4.23. The lowest BCUT2D eigenvalue weighted by Crippen LogP contribution is -2.47. The van der Waals surface area contributed by atoms with Gasteiger partial charge in [0.05, 0.1) is 0 Å². The lowest BCUT2D eigenvalue weighted by molar-refractivity contribution is 0.101. The average molecular weight is 311 g/mol. The second kappa shape index (κ2) is 6.32. The standard InChI is InChI=1S/C17H21N5O/c1-12-13(2)19-11-20-17(12)22-8-6-21(7-9-22)16-5-4-15(10-18-16)14(3)23/h4-5,10-11H,6-9H2,1-3H3. The molecule has 120 valence electrons. The first-order valence-corrected chi connectivity index (χ1v) is 7.81. The number of carbonyl (C=O) groups is 1. The van der Waals surface area contributed by atoms with Crippen molar-refractivity contribution in [2.45, 2.75) is 20.8 Å². The third kappa shape index (κ3) is 3.16. The SMILES string of the molecule is CC(=O)c1ccc(N2CCN(c3ncnc(C)c3C)CC2)nc1. The molecule has 0 aromatic carbocycles. The van der Waals surface area contributed by atoms with Crippen LogP contribution in [0, 0.1) is 13.8 Å². The molecule has 0 N–H and O–H groups in total. The van der Waals surface area contributed by atoms with Crippen molar-refractivity contribution in [3.05, 3.63) is 41.5 Å². The molecule has 0 aliphatic carbocycles. The minimum absolute atomic E-state index is 0.0449. The number of hydrogen-bond acceptors (Lipinski definition) is 6. The number of aromatic nitrogens is 3. The molecule has 0 saturated carbocycles. The van der Waals surface area contributed by atoms with Crippen molar-refractivity contribution in [1.29, 1.82) is 0 Å². The Morgan fingerprint density at radius 3 is 2.30 bits per heavy atom. The molecule has 1 saturated heterocycles. The topological polar surface area (TPSA) is 62.2 Å². The van der Waals surface area contributed by atoms with Gasteiger partial charge in [0, 0.05) is 49.2 Å². The summed E-state index contributed by atoms with van der Waals surface area (Å²) in [5.41, 5.74) is 2.82. The lowest BCUT2D eigenvalue weighted by Gasteiger charge is -2.36. The highest BCUT2D eigenvalue weighted by Gasteiger charge is 2.21. The Morgan fingerprint density at radius 2 is 1.70 bits per heavy atom. The third-order valence-electron chi connectivity index (χ3n) is 4.37. The largest absolute Gasteiger partial charge is 0.353 e. The number of nitrogens with zero attached hydrogens (tertiary/aromatic N) is 5. The van der Waals surface area contributed by atoms with E-state index >= 15 is 0 Å². The van der Waals surface area contributed by atoms with Crippen LogP contribution in [0.25, 0.3) is 0 Å². The molecule has 2 aromatic rings. The fourth-order valence-corrected chi connectivity index (χ4v) is 2.77. The van der Waals surface area contributed by atoms with Gasteiger partial charge in [-0.05, 0) is 32.9 Å². The Morgan fingerprint density at radius 1 is 1.00 bits per heavy atom. The van der Waals surface area contributed by atoms with Gasteiger partial charge in [-0.25, -0.2) is 15.0 Å². The van der Waals surface area contributed by atoms with Crippen LogP contribution in [0.4, 0.5) is 11.6 Å². The molecule has 3 rings (SSSR count). The molecule has 1 fully saturated rings. The summed E-state index contributed by atoms with van der Waals surface area (Å²) in [5, 5.41) is 0. The van der Waals surface area contributed by atoms with Gasteiger partial charge in [0.1, 0.15) is 18.0 Å². The number of piperazine rings is 1. The van der Waals surface area contributed by atoms with Gasteiger partial charge in [-0.1, -0.05) is 0 Å². The van der Waals surface area contributed by atoms with E-state index in [4.69, 9.17) is 0 Å². The minimum atomic E-state index is 0.0449. The number of anilines is 2. The van der Waals surface area contributed by atoms with Crippen LogP contribution < -0.4 is 9.80 Å². The number of aryl methyl sites for hydroxylation is 1. The van der Waals surface area contributed by atoms with Crippen LogP contribution in [0.1, 0.15) is 28.5 Å². The smallest absolute Gasteiger partial charge is 0.161 e. The van der Waals surface area contributed by atoms with Gasteiger partial charge in [0.15, 0.2) is 5.78 Å². The molecule has 0 radical (unpaired) electrons. The molecule has 0 spiro atoms. The van der Waals surface area contributed by atoms with E-state index in [1.54, 1.807) is 19.4 Å². The fraction of sp³-hybridized carbons (Fsp3) is 0.412. The van der Waals surface area contributed by atoms with E-state index in [0.717, 1.165) is 49.1 Å². The maximum atomic E-state index is 11.3. The van der Waals surface area contributed by atoms with Crippen molar-refractivity contribution in [2.24, 2.45) is 0 Å². The van der Waals surface area contributed by atoms with Gasteiger partial charge in [0.2, 0.25) is 0 Å². The van der Waals surface area contributed by atoms with Crippen molar-refractivity contribution >= 4 is 17.4 Å². The zero-order chi connectivity index (χ0) is 16.4. The quantitative estimate of drug-likeness (QED) is 0.808. The minimum Gasteiger partial charge on any atom is -0.353 e. The van der Waals surface area contributed by atoms with E-state index in [1.807, 2.05) is 19.1 Å². The highest BCUT2D eigenvalue weighted by atomic mass is 16.1. The number of rotatable bonds is 3. The summed E-state index contributed by atoms with van der Waals surface area (Å²) in [6.07, 6.45) is 3.29. The predicted molar refractivity (Wildman–Crippen MR) is 90.2 cm³/mol. The summed E-state index contributed by atoms with van der Waals surface area (Å²) < 4.78 is 0. The molecule has 1 aliphatic heterocycles. The highest BCUT2D eigenvalue weighted by molar-refractivity contribution is 5.93. The maximum absolute atomic E-state index is 11.3. The molecule has 1 aliphatic rings. The lowest BCUT2D eigenvalue weighted by atomic mass is 10.2. The molecule has 2 aromatic heterocycles. The van der Waals surface area contributed by atoms with Crippen molar-refractivity contribution < 1.29 is 4.79 Å². The van der Waals surface area contributed by atoms with Gasteiger partial charge in [-0.2, -0.15) is 0 Å². The highest BCUT2D eigenvalue weighted by Crippen LogP contribution is 2.21. The fourth-order valence-electron chi connectivity index (χ4n) is 2.77. The molecule has 0 bridgehead atoms. The van der Waals surface area contributed by atoms with Crippen LogP contribution in [0.2, 0.25) is 0 Å². The molecular formula is C17H21N5O. The first-order valence-electron chi connectivity index (χ1n) is 7.81. The predicted octanol–water partition coefficient (Wildman–Crippen LogP) is 2.02. The summed E-state index contributed by atoms with van der Waals surface area (Å²) in [7, 11) is 0. The second-order valence-corrected chi connectivity index (χ2v) is 5.84.